The van der Waals surface area contributed by atoms with Gasteiger partial charge in [0.25, 0.3) is 5.91 Å². The quantitative estimate of drug-likeness (QED) is 0.785. The molecule has 0 saturated heterocycles. The molecule has 0 aliphatic heterocycles. The van der Waals surface area contributed by atoms with Crippen molar-refractivity contribution in [3.8, 4) is 0 Å². The predicted octanol–water partition coefficient (Wildman–Crippen LogP) is 2.57. The lowest BCUT2D eigenvalue weighted by molar-refractivity contribution is -0.158. The molecule has 17 heavy (non-hydrogen) atoms. The first-order chi connectivity index (χ1) is 7.80. The van der Waals surface area contributed by atoms with Crippen LogP contribution < -0.4 is 5.48 Å². The number of halogens is 1. The van der Waals surface area contributed by atoms with Crippen LogP contribution in [0.4, 0.5) is 0 Å². The Hall–Kier alpha value is -1.55. The SMILES string of the molecule is CC(C)(C)C(=O)ONC(=O)c1ccc(Cl)cc1. The van der Waals surface area contributed by atoms with Crippen molar-refractivity contribution in [2.75, 3.05) is 0 Å². The van der Waals surface area contributed by atoms with E-state index < -0.39 is 17.3 Å². The van der Waals surface area contributed by atoms with Crippen molar-refractivity contribution >= 4 is 23.5 Å². The van der Waals surface area contributed by atoms with E-state index in [4.69, 9.17) is 11.6 Å². The zero-order valence-corrected chi connectivity index (χ0v) is 10.7. The van der Waals surface area contributed by atoms with Crippen molar-refractivity contribution in [3.63, 3.8) is 0 Å². The summed E-state index contributed by atoms with van der Waals surface area (Å²) >= 11 is 5.69. The number of rotatable bonds is 1. The summed E-state index contributed by atoms with van der Waals surface area (Å²) in [6.45, 7) is 5.09. The third-order valence-corrected chi connectivity index (χ3v) is 2.21. The maximum atomic E-state index is 11.6. The normalized spacial score (nSPS) is 10.8. The van der Waals surface area contributed by atoms with E-state index in [1.807, 2.05) is 0 Å². The topological polar surface area (TPSA) is 55.4 Å². The van der Waals surface area contributed by atoms with E-state index in [-0.39, 0.29) is 0 Å². The van der Waals surface area contributed by atoms with Gasteiger partial charge in [-0.25, -0.2) is 4.79 Å². The van der Waals surface area contributed by atoms with Crippen LogP contribution >= 0.6 is 11.6 Å². The predicted molar refractivity (Wildman–Crippen MR) is 64.5 cm³/mol. The molecule has 1 aromatic carbocycles. The van der Waals surface area contributed by atoms with Gasteiger partial charge in [0.15, 0.2) is 0 Å². The molecule has 0 aliphatic rings. The Labute approximate surface area is 105 Å². The van der Waals surface area contributed by atoms with Crippen LogP contribution in [-0.2, 0) is 9.63 Å². The molecule has 1 rings (SSSR count). The number of benzene rings is 1. The minimum Gasteiger partial charge on any atom is -0.340 e. The van der Waals surface area contributed by atoms with Gasteiger partial charge < -0.3 is 4.84 Å². The average molecular weight is 256 g/mol. The summed E-state index contributed by atoms with van der Waals surface area (Å²) in [5.41, 5.74) is 1.81. The molecule has 0 heterocycles. The maximum Gasteiger partial charge on any atom is 0.337 e. The Balaban J connectivity index is 2.56. The maximum absolute atomic E-state index is 11.6. The Kier molecular flexibility index (Phi) is 4.12. The highest BCUT2D eigenvalue weighted by Crippen LogP contribution is 2.14. The highest BCUT2D eigenvalue weighted by atomic mass is 35.5. The molecule has 1 N–H and O–H groups in total. The summed E-state index contributed by atoms with van der Waals surface area (Å²) < 4.78 is 0. The lowest BCUT2D eigenvalue weighted by Crippen LogP contribution is -2.33. The lowest BCUT2D eigenvalue weighted by Gasteiger charge is -2.15. The molecule has 1 amide bonds. The summed E-state index contributed by atoms with van der Waals surface area (Å²) in [6.07, 6.45) is 0. The second-order valence-electron chi connectivity index (χ2n) is 4.58. The van der Waals surface area contributed by atoms with Gasteiger partial charge in [-0.2, -0.15) is 5.48 Å². The lowest BCUT2D eigenvalue weighted by atomic mass is 9.98. The molecule has 0 spiro atoms. The van der Waals surface area contributed by atoms with E-state index in [1.54, 1.807) is 45.0 Å². The highest BCUT2D eigenvalue weighted by Gasteiger charge is 2.24. The Bertz CT molecular complexity index is 420. The number of amides is 1. The number of nitrogens with one attached hydrogen (secondary N) is 1. The molecule has 5 heteroatoms. The van der Waals surface area contributed by atoms with Crippen LogP contribution in [0.3, 0.4) is 0 Å². The Morgan fingerprint density at radius 3 is 2.18 bits per heavy atom. The highest BCUT2D eigenvalue weighted by molar-refractivity contribution is 6.30. The third kappa shape index (κ3) is 4.07. The van der Waals surface area contributed by atoms with Gasteiger partial charge in [-0.15, -0.1) is 0 Å². The van der Waals surface area contributed by atoms with Crippen LogP contribution in [0.1, 0.15) is 31.1 Å². The molecular formula is C12H14ClNO3. The molecule has 92 valence electrons. The first-order valence-corrected chi connectivity index (χ1v) is 5.45. The van der Waals surface area contributed by atoms with Crippen LogP contribution in [-0.4, -0.2) is 11.9 Å². The van der Waals surface area contributed by atoms with Crippen LogP contribution in [0.15, 0.2) is 24.3 Å². The largest absolute Gasteiger partial charge is 0.340 e. The van der Waals surface area contributed by atoms with Gasteiger partial charge in [-0.05, 0) is 45.0 Å². The number of hydrogen-bond donors (Lipinski definition) is 1. The third-order valence-electron chi connectivity index (χ3n) is 1.96. The van der Waals surface area contributed by atoms with Crippen molar-refractivity contribution in [2.24, 2.45) is 5.41 Å². The van der Waals surface area contributed by atoms with E-state index in [9.17, 15) is 9.59 Å². The van der Waals surface area contributed by atoms with Crippen molar-refractivity contribution in [3.05, 3.63) is 34.9 Å². The summed E-state index contributed by atoms with van der Waals surface area (Å²) in [7, 11) is 0. The molecule has 0 radical (unpaired) electrons. The Morgan fingerprint density at radius 1 is 1.18 bits per heavy atom. The van der Waals surface area contributed by atoms with Gasteiger partial charge in [0.2, 0.25) is 0 Å². The number of carbonyl (C=O) groups excluding carboxylic acids is 2. The van der Waals surface area contributed by atoms with E-state index in [0.717, 1.165) is 0 Å². The molecule has 1 aromatic rings. The summed E-state index contributed by atoms with van der Waals surface area (Å²) in [6, 6.07) is 6.26. The molecule has 0 saturated carbocycles. The van der Waals surface area contributed by atoms with Crippen LogP contribution in [0.2, 0.25) is 5.02 Å². The van der Waals surface area contributed by atoms with Crippen molar-refractivity contribution in [1.82, 2.24) is 5.48 Å². The average Bonchev–Trinajstić information content (AvgIpc) is 2.25. The molecule has 0 bridgehead atoms. The molecule has 0 atom stereocenters. The van der Waals surface area contributed by atoms with Gasteiger partial charge in [-0.1, -0.05) is 11.6 Å². The molecule has 0 fully saturated rings. The first kappa shape index (κ1) is 13.5. The van der Waals surface area contributed by atoms with E-state index in [0.29, 0.717) is 10.6 Å². The van der Waals surface area contributed by atoms with Gasteiger partial charge in [0.05, 0.1) is 5.41 Å². The number of hydroxylamine groups is 1. The van der Waals surface area contributed by atoms with Crippen LogP contribution in [0, 0.1) is 5.41 Å². The standard InChI is InChI=1S/C12H14ClNO3/c1-12(2,3)11(16)17-14-10(15)8-4-6-9(13)7-5-8/h4-7H,1-3H3,(H,14,15). The van der Waals surface area contributed by atoms with Crippen molar-refractivity contribution in [1.29, 1.82) is 0 Å². The second-order valence-corrected chi connectivity index (χ2v) is 5.01. The molecule has 0 aromatic heterocycles. The van der Waals surface area contributed by atoms with Crippen LogP contribution in [0.25, 0.3) is 0 Å². The zero-order chi connectivity index (χ0) is 13.1. The zero-order valence-electron chi connectivity index (χ0n) is 9.91. The smallest absolute Gasteiger partial charge is 0.337 e. The number of hydrogen-bond acceptors (Lipinski definition) is 3. The van der Waals surface area contributed by atoms with Gasteiger partial charge in [0.1, 0.15) is 0 Å². The van der Waals surface area contributed by atoms with Crippen LogP contribution in [0.5, 0.6) is 0 Å². The van der Waals surface area contributed by atoms with Gasteiger partial charge in [0, 0.05) is 10.6 Å². The second kappa shape index (κ2) is 5.19. The van der Waals surface area contributed by atoms with Gasteiger partial charge >= 0.3 is 5.97 Å². The molecular weight excluding hydrogens is 242 g/mol. The van der Waals surface area contributed by atoms with E-state index in [1.165, 1.54) is 0 Å². The van der Waals surface area contributed by atoms with Crippen molar-refractivity contribution < 1.29 is 14.4 Å². The van der Waals surface area contributed by atoms with Gasteiger partial charge in [-0.3, -0.25) is 4.79 Å². The minimum absolute atomic E-state index is 0.371. The van der Waals surface area contributed by atoms with E-state index >= 15 is 0 Å². The fourth-order valence-electron chi connectivity index (χ4n) is 0.906. The molecule has 4 nitrogen and oxygen atoms in total. The monoisotopic (exact) mass is 255 g/mol. The fraction of sp³-hybridized carbons (Fsp3) is 0.333. The number of carbonyl (C=O) groups is 2. The van der Waals surface area contributed by atoms with E-state index in [2.05, 4.69) is 10.3 Å². The fourth-order valence-corrected chi connectivity index (χ4v) is 1.03. The molecule has 0 aliphatic carbocycles. The minimum atomic E-state index is -0.659. The summed E-state index contributed by atoms with van der Waals surface area (Å²) in [5.74, 6) is -0.987. The first-order valence-electron chi connectivity index (χ1n) is 5.08. The Morgan fingerprint density at radius 2 is 1.71 bits per heavy atom. The molecule has 0 unspecified atom stereocenters. The van der Waals surface area contributed by atoms with Crippen molar-refractivity contribution in [2.45, 2.75) is 20.8 Å². The summed E-state index contributed by atoms with van der Waals surface area (Å²) in [4.78, 5) is 27.6. The summed E-state index contributed by atoms with van der Waals surface area (Å²) in [5, 5.41) is 0.535.